The first-order valence-electron chi connectivity index (χ1n) is 5.46. The van der Waals surface area contributed by atoms with Crippen molar-refractivity contribution in [3.8, 4) is 0 Å². The summed E-state index contributed by atoms with van der Waals surface area (Å²) in [6.07, 6.45) is 0.419. The van der Waals surface area contributed by atoms with E-state index < -0.39 is 11.9 Å². The van der Waals surface area contributed by atoms with E-state index in [0.29, 0.717) is 6.42 Å². The number of thiazole rings is 1. The normalized spacial score (nSPS) is 12.3. The number of rotatable bonds is 4. The van der Waals surface area contributed by atoms with Gasteiger partial charge in [-0.2, -0.15) is 0 Å². The molecule has 2 aromatic rings. The van der Waals surface area contributed by atoms with Crippen LogP contribution in [-0.2, 0) is 11.2 Å². The molecule has 18 heavy (non-hydrogen) atoms. The van der Waals surface area contributed by atoms with Crippen LogP contribution in [0.15, 0.2) is 34.1 Å². The van der Waals surface area contributed by atoms with E-state index in [1.165, 1.54) is 0 Å². The highest BCUT2D eigenvalue weighted by Gasteiger charge is 2.23. The summed E-state index contributed by atoms with van der Waals surface area (Å²) in [6.45, 7) is 1.92. The Kier molecular flexibility index (Phi) is 4.14. The predicted molar refractivity (Wildman–Crippen MR) is 75.1 cm³/mol. The zero-order chi connectivity index (χ0) is 13.1. The first kappa shape index (κ1) is 13.2. The second-order valence-electron chi connectivity index (χ2n) is 3.97. The van der Waals surface area contributed by atoms with Crippen LogP contribution in [0.25, 0.3) is 0 Å². The van der Waals surface area contributed by atoms with Gasteiger partial charge in [-0.3, -0.25) is 4.79 Å². The third-order valence-corrected chi connectivity index (χ3v) is 4.20. The van der Waals surface area contributed by atoms with Crippen LogP contribution in [0.5, 0.6) is 0 Å². The molecule has 1 unspecified atom stereocenters. The largest absolute Gasteiger partial charge is 0.481 e. The maximum atomic E-state index is 11.4. The molecule has 94 valence electrons. The van der Waals surface area contributed by atoms with Crippen molar-refractivity contribution in [2.75, 3.05) is 0 Å². The van der Waals surface area contributed by atoms with E-state index >= 15 is 0 Å². The first-order chi connectivity index (χ1) is 8.58. The fraction of sp³-hybridized carbons (Fsp3) is 0.231. The van der Waals surface area contributed by atoms with E-state index in [9.17, 15) is 9.90 Å². The van der Waals surface area contributed by atoms with E-state index in [0.717, 1.165) is 20.7 Å². The minimum absolute atomic E-state index is 0.419. The molecule has 0 radical (unpaired) electrons. The summed E-state index contributed by atoms with van der Waals surface area (Å²) in [4.78, 5) is 15.7. The van der Waals surface area contributed by atoms with Crippen molar-refractivity contribution in [2.45, 2.75) is 19.3 Å². The fourth-order valence-electron chi connectivity index (χ4n) is 1.80. The van der Waals surface area contributed by atoms with Crippen LogP contribution in [0.3, 0.4) is 0 Å². The number of aromatic nitrogens is 1. The first-order valence-corrected chi connectivity index (χ1v) is 7.13. The van der Waals surface area contributed by atoms with Gasteiger partial charge in [-0.15, -0.1) is 11.3 Å². The number of nitrogens with zero attached hydrogens (tertiary/aromatic N) is 1. The zero-order valence-corrected chi connectivity index (χ0v) is 12.2. The van der Waals surface area contributed by atoms with Crippen molar-refractivity contribution in [2.24, 2.45) is 0 Å². The molecular weight excluding hydrogens is 314 g/mol. The highest BCUT2D eigenvalue weighted by molar-refractivity contribution is 9.10. The highest BCUT2D eigenvalue weighted by atomic mass is 79.9. The predicted octanol–water partition coefficient (Wildman–Crippen LogP) is 3.62. The van der Waals surface area contributed by atoms with Gasteiger partial charge in [0.05, 0.1) is 16.6 Å². The second kappa shape index (κ2) is 5.63. The molecule has 0 aliphatic carbocycles. The summed E-state index contributed by atoms with van der Waals surface area (Å²) in [5.74, 6) is -1.39. The minimum Gasteiger partial charge on any atom is -0.481 e. The molecule has 2 rings (SSSR count). The number of aliphatic carboxylic acids is 1. The third kappa shape index (κ3) is 2.97. The molecule has 0 saturated carbocycles. The third-order valence-electron chi connectivity index (χ3n) is 2.66. The van der Waals surface area contributed by atoms with Crippen LogP contribution in [0.2, 0.25) is 0 Å². The highest BCUT2D eigenvalue weighted by Crippen LogP contribution is 2.28. The zero-order valence-electron chi connectivity index (χ0n) is 9.76. The molecule has 1 heterocycles. The number of carboxylic acid groups (broad SMARTS) is 1. The molecule has 3 nitrogen and oxygen atoms in total. The molecule has 1 atom stereocenters. The summed E-state index contributed by atoms with van der Waals surface area (Å²) in [7, 11) is 0. The molecule has 1 aromatic carbocycles. The maximum Gasteiger partial charge on any atom is 0.311 e. The Hall–Kier alpha value is -1.20. The van der Waals surface area contributed by atoms with Gasteiger partial charge in [0.1, 0.15) is 0 Å². The number of hydrogen-bond acceptors (Lipinski definition) is 3. The van der Waals surface area contributed by atoms with Crippen LogP contribution >= 0.6 is 27.3 Å². The second-order valence-corrected chi connectivity index (χ2v) is 5.89. The lowest BCUT2D eigenvalue weighted by molar-refractivity contribution is -0.138. The van der Waals surface area contributed by atoms with Crippen LogP contribution in [0, 0.1) is 6.92 Å². The Morgan fingerprint density at radius 1 is 1.50 bits per heavy atom. The van der Waals surface area contributed by atoms with Gasteiger partial charge in [0.25, 0.3) is 0 Å². The Morgan fingerprint density at radius 3 is 2.78 bits per heavy atom. The van der Waals surface area contributed by atoms with E-state index in [1.807, 2.05) is 36.6 Å². The number of benzene rings is 1. The monoisotopic (exact) mass is 325 g/mol. The molecule has 0 amide bonds. The lowest BCUT2D eigenvalue weighted by Crippen LogP contribution is -2.15. The Morgan fingerprint density at radius 2 is 2.22 bits per heavy atom. The van der Waals surface area contributed by atoms with Gasteiger partial charge in [0.15, 0.2) is 0 Å². The van der Waals surface area contributed by atoms with Gasteiger partial charge in [0, 0.05) is 16.3 Å². The molecular formula is C13H12BrNO2S. The van der Waals surface area contributed by atoms with Crippen molar-refractivity contribution in [3.63, 3.8) is 0 Å². The van der Waals surface area contributed by atoms with Crippen LogP contribution in [0.1, 0.15) is 22.2 Å². The standard InChI is InChI=1S/C13H12BrNO2S/c1-8-15-9(7-18-8)6-11(13(16)17)10-4-2-3-5-12(10)14/h2-5,7,11H,6H2,1H3,(H,16,17). The van der Waals surface area contributed by atoms with Gasteiger partial charge in [-0.1, -0.05) is 34.1 Å². The van der Waals surface area contributed by atoms with Crippen molar-refractivity contribution in [3.05, 3.63) is 50.4 Å². The maximum absolute atomic E-state index is 11.4. The topological polar surface area (TPSA) is 50.2 Å². The number of hydrogen-bond donors (Lipinski definition) is 1. The Balaban J connectivity index is 2.30. The molecule has 5 heteroatoms. The summed E-state index contributed by atoms with van der Waals surface area (Å²) in [5.41, 5.74) is 1.62. The lowest BCUT2D eigenvalue weighted by atomic mass is 9.95. The number of carboxylic acids is 1. The molecule has 0 bridgehead atoms. The van der Waals surface area contributed by atoms with Crippen LogP contribution in [0.4, 0.5) is 0 Å². The summed E-state index contributed by atoms with van der Waals surface area (Å²) in [5, 5.41) is 12.3. The van der Waals surface area contributed by atoms with E-state index in [2.05, 4.69) is 20.9 Å². The molecule has 0 fully saturated rings. The SMILES string of the molecule is Cc1nc(CC(C(=O)O)c2ccccc2Br)cs1. The molecule has 0 spiro atoms. The van der Waals surface area contributed by atoms with Crippen LogP contribution < -0.4 is 0 Å². The van der Waals surface area contributed by atoms with Gasteiger partial charge in [-0.25, -0.2) is 4.98 Å². The smallest absolute Gasteiger partial charge is 0.311 e. The molecule has 0 aliphatic rings. The van der Waals surface area contributed by atoms with Crippen LogP contribution in [-0.4, -0.2) is 16.1 Å². The minimum atomic E-state index is -0.826. The van der Waals surface area contributed by atoms with Gasteiger partial charge in [-0.05, 0) is 18.6 Å². The van der Waals surface area contributed by atoms with Crippen molar-refractivity contribution < 1.29 is 9.90 Å². The number of halogens is 1. The number of carbonyl (C=O) groups is 1. The van der Waals surface area contributed by atoms with E-state index in [-0.39, 0.29) is 0 Å². The molecule has 1 aromatic heterocycles. The molecule has 1 N–H and O–H groups in total. The van der Waals surface area contributed by atoms with Gasteiger partial charge in [0.2, 0.25) is 0 Å². The van der Waals surface area contributed by atoms with E-state index in [4.69, 9.17) is 0 Å². The average molecular weight is 326 g/mol. The van der Waals surface area contributed by atoms with Gasteiger partial charge < -0.3 is 5.11 Å². The summed E-state index contributed by atoms with van der Waals surface area (Å²) < 4.78 is 0.823. The summed E-state index contributed by atoms with van der Waals surface area (Å²) in [6, 6.07) is 7.42. The van der Waals surface area contributed by atoms with Gasteiger partial charge >= 0.3 is 5.97 Å². The van der Waals surface area contributed by atoms with Crippen molar-refractivity contribution in [1.29, 1.82) is 0 Å². The lowest BCUT2D eigenvalue weighted by Gasteiger charge is -2.13. The summed E-state index contributed by atoms with van der Waals surface area (Å²) >= 11 is 4.94. The van der Waals surface area contributed by atoms with Crippen molar-refractivity contribution >= 4 is 33.2 Å². The van der Waals surface area contributed by atoms with Crippen molar-refractivity contribution in [1.82, 2.24) is 4.98 Å². The molecule has 0 aliphatic heterocycles. The molecule has 0 saturated heterocycles. The average Bonchev–Trinajstić information content (AvgIpc) is 2.73. The fourth-order valence-corrected chi connectivity index (χ4v) is 2.99. The Labute approximate surface area is 118 Å². The van der Waals surface area contributed by atoms with E-state index in [1.54, 1.807) is 11.3 Å². The number of aryl methyl sites for hydroxylation is 1. The Bertz CT molecular complexity index is 568. The quantitative estimate of drug-likeness (QED) is 0.933.